The highest BCUT2D eigenvalue weighted by molar-refractivity contribution is 6.30. The second-order valence-electron chi connectivity index (χ2n) is 5.47. The van der Waals surface area contributed by atoms with E-state index in [9.17, 15) is 14.0 Å². The summed E-state index contributed by atoms with van der Waals surface area (Å²) in [5.41, 5.74) is 0.000379. The maximum Gasteiger partial charge on any atom is 0.256 e. The fourth-order valence-electron chi connectivity index (χ4n) is 2.47. The number of methoxy groups -OCH3 is 1. The van der Waals surface area contributed by atoms with E-state index in [0.717, 1.165) is 6.07 Å². The topological polar surface area (TPSA) is 61.9 Å². The highest BCUT2D eigenvalue weighted by Crippen LogP contribution is 2.17. The first-order chi connectivity index (χ1) is 11.5. The highest BCUT2D eigenvalue weighted by atomic mass is 35.5. The van der Waals surface area contributed by atoms with Crippen LogP contribution < -0.4 is 5.32 Å². The molecule has 132 valence electrons. The first-order valence-electron chi connectivity index (χ1n) is 7.74. The molecule has 1 aromatic carbocycles. The Kier molecular flexibility index (Phi) is 6.96. The monoisotopic (exact) mass is 357 g/mol. The predicted octanol–water partition coefficient (Wildman–Crippen LogP) is 1.000. The Balaban J connectivity index is 1.83. The third kappa shape index (κ3) is 4.90. The van der Waals surface area contributed by atoms with Crippen LogP contribution in [0.15, 0.2) is 18.2 Å². The van der Waals surface area contributed by atoms with Crippen LogP contribution in [-0.4, -0.2) is 74.6 Å². The summed E-state index contributed by atoms with van der Waals surface area (Å²) in [6, 6.07) is 4.00. The SMILES string of the molecule is COCCNCC(=O)N1CCN(C(=O)c2ccc(Cl)cc2F)CC1. The summed E-state index contributed by atoms with van der Waals surface area (Å²) in [4.78, 5) is 27.7. The molecule has 1 fully saturated rings. The Morgan fingerprint density at radius 3 is 2.54 bits per heavy atom. The van der Waals surface area contributed by atoms with Gasteiger partial charge in [-0.2, -0.15) is 0 Å². The lowest BCUT2D eigenvalue weighted by Crippen LogP contribution is -2.52. The third-order valence-electron chi connectivity index (χ3n) is 3.84. The molecule has 2 rings (SSSR count). The summed E-state index contributed by atoms with van der Waals surface area (Å²) >= 11 is 5.70. The van der Waals surface area contributed by atoms with E-state index >= 15 is 0 Å². The van der Waals surface area contributed by atoms with Gasteiger partial charge in [-0.1, -0.05) is 11.6 Å². The summed E-state index contributed by atoms with van der Waals surface area (Å²) in [5, 5.41) is 3.25. The zero-order valence-electron chi connectivity index (χ0n) is 13.6. The average molecular weight is 358 g/mol. The fraction of sp³-hybridized carbons (Fsp3) is 0.500. The molecule has 0 saturated carbocycles. The number of halogens is 2. The number of carbonyl (C=O) groups excluding carboxylic acids is 2. The summed E-state index contributed by atoms with van der Waals surface area (Å²) < 4.78 is 18.7. The minimum atomic E-state index is -0.631. The molecule has 0 spiro atoms. The number of piperazine rings is 1. The normalized spacial score (nSPS) is 14.8. The number of hydrogen-bond donors (Lipinski definition) is 1. The smallest absolute Gasteiger partial charge is 0.256 e. The van der Waals surface area contributed by atoms with E-state index in [4.69, 9.17) is 16.3 Å². The molecule has 1 aromatic rings. The molecule has 0 aromatic heterocycles. The lowest BCUT2D eigenvalue weighted by molar-refractivity contribution is -0.131. The number of ether oxygens (including phenoxy) is 1. The molecule has 2 amide bonds. The van der Waals surface area contributed by atoms with Crippen LogP contribution in [0.3, 0.4) is 0 Å². The molecular formula is C16H21ClFN3O3. The van der Waals surface area contributed by atoms with E-state index in [0.29, 0.717) is 39.3 Å². The summed E-state index contributed by atoms with van der Waals surface area (Å²) in [7, 11) is 1.60. The van der Waals surface area contributed by atoms with Crippen molar-refractivity contribution in [2.45, 2.75) is 0 Å². The van der Waals surface area contributed by atoms with Gasteiger partial charge in [-0.25, -0.2) is 4.39 Å². The number of nitrogens with zero attached hydrogens (tertiary/aromatic N) is 2. The van der Waals surface area contributed by atoms with Crippen LogP contribution in [0.4, 0.5) is 4.39 Å². The molecule has 0 radical (unpaired) electrons. The third-order valence-corrected chi connectivity index (χ3v) is 4.08. The standard InChI is InChI=1S/C16H21ClFN3O3/c1-24-9-4-19-11-15(22)20-5-7-21(8-6-20)16(23)13-3-2-12(17)10-14(13)18/h2-3,10,19H,4-9,11H2,1H3. The molecule has 1 saturated heterocycles. The molecule has 1 N–H and O–H groups in total. The molecule has 1 aliphatic heterocycles. The molecule has 1 aliphatic rings. The van der Waals surface area contributed by atoms with Gasteiger partial charge in [0.15, 0.2) is 0 Å². The molecule has 24 heavy (non-hydrogen) atoms. The van der Waals surface area contributed by atoms with Crippen molar-refractivity contribution in [2.75, 3.05) is 53.0 Å². The van der Waals surface area contributed by atoms with Gasteiger partial charge in [-0.15, -0.1) is 0 Å². The summed E-state index contributed by atoms with van der Waals surface area (Å²) in [6.45, 7) is 3.02. The van der Waals surface area contributed by atoms with Gasteiger partial charge < -0.3 is 19.9 Å². The average Bonchev–Trinajstić information content (AvgIpc) is 2.58. The number of hydrogen-bond acceptors (Lipinski definition) is 4. The first-order valence-corrected chi connectivity index (χ1v) is 8.12. The van der Waals surface area contributed by atoms with Gasteiger partial charge in [0.2, 0.25) is 5.91 Å². The Morgan fingerprint density at radius 2 is 1.92 bits per heavy atom. The van der Waals surface area contributed by atoms with E-state index < -0.39 is 5.82 Å². The van der Waals surface area contributed by atoms with Crippen LogP contribution in [0.25, 0.3) is 0 Å². The Bertz CT molecular complexity index is 592. The minimum absolute atomic E-state index is 0.000379. The molecule has 6 nitrogen and oxygen atoms in total. The van der Waals surface area contributed by atoms with Crippen molar-refractivity contribution < 1.29 is 18.7 Å². The Labute approximate surface area is 145 Å². The van der Waals surface area contributed by atoms with Crippen molar-refractivity contribution in [3.8, 4) is 0 Å². The van der Waals surface area contributed by atoms with Gasteiger partial charge in [0.1, 0.15) is 5.82 Å². The second-order valence-corrected chi connectivity index (χ2v) is 5.90. The van der Waals surface area contributed by atoms with Crippen molar-refractivity contribution >= 4 is 23.4 Å². The van der Waals surface area contributed by atoms with Crippen LogP contribution >= 0.6 is 11.6 Å². The van der Waals surface area contributed by atoms with Crippen molar-refractivity contribution in [3.63, 3.8) is 0 Å². The molecule has 0 atom stereocenters. The molecule has 0 bridgehead atoms. The van der Waals surface area contributed by atoms with Crippen LogP contribution in [-0.2, 0) is 9.53 Å². The van der Waals surface area contributed by atoms with Crippen LogP contribution in [0.5, 0.6) is 0 Å². The van der Waals surface area contributed by atoms with E-state index in [2.05, 4.69) is 5.32 Å². The maximum absolute atomic E-state index is 13.8. The molecular weight excluding hydrogens is 337 g/mol. The van der Waals surface area contributed by atoms with Gasteiger partial charge in [0.05, 0.1) is 18.7 Å². The lowest BCUT2D eigenvalue weighted by Gasteiger charge is -2.35. The summed E-state index contributed by atoms with van der Waals surface area (Å²) in [6.07, 6.45) is 0. The summed E-state index contributed by atoms with van der Waals surface area (Å²) in [5.74, 6) is -1.03. The minimum Gasteiger partial charge on any atom is -0.383 e. The maximum atomic E-state index is 13.8. The lowest BCUT2D eigenvalue weighted by atomic mass is 10.1. The zero-order valence-corrected chi connectivity index (χ0v) is 14.3. The van der Waals surface area contributed by atoms with Crippen molar-refractivity contribution in [1.29, 1.82) is 0 Å². The molecule has 1 heterocycles. The van der Waals surface area contributed by atoms with E-state index in [-0.39, 0.29) is 28.9 Å². The molecule has 8 heteroatoms. The van der Waals surface area contributed by atoms with Crippen molar-refractivity contribution in [1.82, 2.24) is 15.1 Å². The number of benzene rings is 1. The van der Waals surface area contributed by atoms with Crippen LogP contribution in [0.2, 0.25) is 5.02 Å². The fourth-order valence-corrected chi connectivity index (χ4v) is 2.63. The van der Waals surface area contributed by atoms with Crippen molar-refractivity contribution in [2.24, 2.45) is 0 Å². The first kappa shape index (κ1) is 18.6. The number of carbonyl (C=O) groups is 2. The highest BCUT2D eigenvalue weighted by Gasteiger charge is 2.26. The van der Waals surface area contributed by atoms with Crippen LogP contribution in [0.1, 0.15) is 10.4 Å². The van der Waals surface area contributed by atoms with Gasteiger partial charge in [-0.3, -0.25) is 9.59 Å². The number of nitrogens with one attached hydrogen (secondary N) is 1. The van der Waals surface area contributed by atoms with E-state index in [1.807, 2.05) is 0 Å². The van der Waals surface area contributed by atoms with Gasteiger partial charge in [0.25, 0.3) is 5.91 Å². The quantitative estimate of drug-likeness (QED) is 0.772. The van der Waals surface area contributed by atoms with Gasteiger partial charge in [-0.05, 0) is 18.2 Å². The van der Waals surface area contributed by atoms with Gasteiger partial charge >= 0.3 is 0 Å². The van der Waals surface area contributed by atoms with Gasteiger partial charge in [0, 0.05) is 44.9 Å². The second kappa shape index (κ2) is 8.96. The Hall–Kier alpha value is -1.70. The Morgan fingerprint density at radius 1 is 1.25 bits per heavy atom. The molecule has 0 aliphatic carbocycles. The number of rotatable bonds is 6. The largest absolute Gasteiger partial charge is 0.383 e. The number of amides is 2. The van der Waals surface area contributed by atoms with Crippen LogP contribution in [0, 0.1) is 5.82 Å². The zero-order chi connectivity index (χ0) is 17.5. The van der Waals surface area contributed by atoms with Crippen molar-refractivity contribution in [3.05, 3.63) is 34.6 Å². The molecule has 0 unspecified atom stereocenters. The predicted molar refractivity (Wildman–Crippen MR) is 88.6 cm³/mol. The van der Waals surface area contributed by atoms with E-state index in [1.54, 1.807) is 16.9 Å². The van der Waals surface area contributed by atoms with E-state index in [1.165, 1.54) is 12.1 Å².